The van der Waals surface area contributed by atoms with Crippen LogP contribution in [0.5, 0.6) is 0 Å². The van der Waals surface area contributed by atoms with Crippen LogP contribution in [0.2, 0.25) is 0 Å². The van der Waals surface area contributed by atoms with E-state index in [4.69, 9.17) is 0 Å². The van der Waals surface area contributed by atoms with Crippen LogP contribution >= 0.6 is 12.6 Å². The van der Waals surface area contributed by atoms with Crippen LogP contribution < -0.4 is 0 Å². The highest BCUT2D eigenvalue weighted by Crippen LogP contribution is 2.12. The van der Waals surface area contributed by atoms with E-state index in [0.29, 0.717) is 0 Å². The van der Waals surface area contributed by atoms with Gasteiger partial charge in [-0.25, -0.2) is 0 Å². The fourth-order valence-electron chi connectivity index (χ4n) is 1.73. The summed E-state index contributed by atoms with van der Waals surface area (Å²) in [7, 11) is 0. The van der Waals surface area contributed by atoms with Crippen LogP contribution in [0.25, 0.3) is 0 Å². The van der Waals surface area contributed by atoms with Gasteiger partial charge in [0.2, 0.25) is 5.91 Å². The first-order valence-electron chi connectivity index (χ1n) is 5.18. The highest BCUT2D eigenvalue weighted by atomic mass is 32.1. The summed E-state index contributed by atoms with van der Waals surface area (Å²) in [6.07, 6.45) is 6.19. The Labute approximate surface area is 86.1 Å². The van der Waals surface area contributed by atoms with Crippen LogP contribution in [0.3, 0.4) is 0 Å². The SMILES string of the molecule is CC(S)C(=O)N1CCCCCCC1. The first-order chi connectivity index (χ1) is 6.22. The van der Waals surface area contributed by atoms with Gasteiger partial charge in [0.1, 0.15) is 0 Å². The molecule has 1 heterocycles. The predicted molar refractivity (Wildman–Crippen MR) is 58.1 cm³/mol. The van der Waals surface area contributed by atoms with Crippen LogP contribution in [-0.2, 0) is 4.79 Å². The molecule has 1 fully saturated rings. The highest BCUT2D eigenvalue weighted by Gasteiger charge is 2.17. The standard InChI is InChI=1S/C10H19NOS/c1-9(13)10(12)11-7-5-3-2-4-6-8-11/h9,13H,2-8H2,1H3. The average Bonchev–Trinajstić information content (AvgIpc) is 2.02. The molecule has 0 bridgehead atoms. The maximum absolute atomic E-state index is 11.6. The van der Waals surface area contributed by atoms with Gasteiger partial charge in [-0.15, -0.1) is 0 Å². The fourth-order valence-corrected chi connectivity index (χ4v) is 1.90. The van der Waals surface area contributed by atoms with Crippen molar-refractivity contribution in [1.29, 1.82) is 0 Å². The van der Waals surface area contributed by atoms with E-state index in [0.717, 1.165) is 25.9 Å². The van der Waals surface area contributed by atoms with E-state index in [1.807, 2.05) is 11.8 Å². The van der Waals surface area contributed by atoms with Crippen molar-refractivity contribution in [3.05, 3.63) is 0 Å². The van der Waals surface area contributed by atoms with E-state index in [-0.39, 0.29) is 11.2 Å². The molecule has 1 atom stereocenters. The van der Waals surface area contributed by atoms with Crippen LogP contribution in [0.4, 0.5) is 0 Å². The third-order valence-corrected chi connectivity index (χ3v) is 2.75. The lowest BCUT2D eigenvalue weighted by molar-refractivity contribution is -0.130. The van der Waals surface area contributed by atoms with E-state index in [9.17, 15) is 4.79 Å². The van der Waals surface area contributed by atoms with Crippen molar-refractivity contribution in [3.63, 3.8) is 0 Å². The summed E-state index contributed by atoms with van der Waals surface area (Å²) in [5, 5.41) is -0.139. The van der Waals surface area contributed by atoms with Gasteiger partial charge < -0.3 is 4.90 Å². The third kappa shape index (κ3) is 3.59. The molecule has 0 aromatic carbocycles. The van der Waals surface area contributed by atoms with Crippen LogP contribution in [0.15, 0.2) is 0 Å². The average molecular weight is 201 g/mol. The number of hydrogen-bond acceptors (Lipinski definition) is 2. The number of nitrogens with zero attached hydrogens (tertiary/aromatic N) is 1. The van der Waals surface area contributed by atoms with E-state index >= 15 is 0 Å². The van der Waals surface area contributed by atoms with Gasteiger partial charge in [-0.3, -0.25) is 4.79 Å². The molecule has 0 aliphatic carbocycles. The molecule has 1 aliphatic heterocycles. The topological polar surface area (TPSA) is 20.3 Å². The number of likely N-dealkylation sites (tertiary alicyclic amines) is 1. The van der Waals surface area contributed by atoms with E-state index in [1.54, 1.807) is 0 Å². The summed E-state index contributed by atoms with van der Waals surface area (Å²) in [4.78, 5) is 13.6. The molecule has 0 saturated carbocycles. The van der Waals surface area contributed by atoms with Crippen molar-refractivity contribution in [1.82, 2.24) is 4.90 Å². The summed E-state index contributed by atoms with van der Waals surface area (Å²) in [6, 6.07) is 0. The lowest BCUT2D eigenvalue weighted by atomic mass is 10.1. The summed E-state index contributed by atoms with van der Waals surface area (Å²) >= 11 is 4.17. The van der Waals surface area contributed by atoms with Gasteiger partial charge in [0.25, 0.3) is 0 Å². The first kappa shape index (κ1) is 10.9. The molecule has 13 heavy (non-hydrogen) atoms. The smallest absolute Gasteiger partial charge is 0.235 e. The Kier molecular flexibility index (Phi) is 4.64. The second kappa shape index (κ2) is 5.53. The minimum Gasteiger partial charge on any atom is -0.342 e. The quantitative estimate of drug-likeness (QED) is 0.644. The number of carbonyl (C=O) groups excluding carboxylic acids is 1. The summed E-state index contributed by atoms with van der Waals surface area (Å²) in [6.45, 7) is 3.72. The van der Waals surface area contributed by atoms with Crippen molar-refractivity contribution < 1.29 is 4.79 Å². The van der Waals surface area contributed by atoms with Crippen molar-refractivity contribution in [2.24, 2.45) is 0 Å². The van der Waals surface area contributed by atoms with Gasteiger partial charge in [0.15, 0.2) is 0 Å². The molecule has 0 spiro atoms. The maximum Gasteiger partial charge on any atom is 0.235 e. The molecule has 2 nitrogen and oxygen atoms in total. The van der Waals surface area contributed by atoms with Crippen molar-refractivity contribution in [2.45, 2.75) is 44.3 Å². The van der Waals surface area contributed by atoms with Gasteiger partial charge in [-0.1, -0.05) is 19.3 Å². The largest absolute Gasteiger partial charge is 0.342 e. The molecule has 1 amide bonds. The van der Waals surface area contributed by atoms with Crippen LogP contribution in [-0.4, -0.2) is 29.1 Å². The minimum absolute atomic E-state index is 0.139. The van der Waals surface area contributed by atoms with E-state index in [1.165, 1.54) is 19.3 Å². The van der Waals surface area contributed by atoms with Gasteiger partial charge in [-0.05, 0) is 19.8 Å². The zero-order valence-electron chi connectivity index (χ0n) is 8.33. The van der Waals surface area contributed by atoms with Crippen molar-refractivity contribution in [2.75, 3.05) is 13.1 Å². The lowest BCUT2D eigenvalue weighted by Crippen LogP contribution is -2.37. The van der Waals surface area contributed by atoms with Crippen molar-refractivity contribution >= 4 is 18.5 Å². The maximum atomic E-state index is 11.6. The molecular weight excluding hydrogens is 182 g/mol. The molecule has 76 valence electrons. The number of hydrogen-bond donors (Lipinski definition) is 1. The highest BCUT2D eigenvalue weighted by molar-refractivity contribution is 7.81. The molecule has 3 heteroatoms. The fraction of sp³-hybridized carbons (Fsp3) is 0.900. The second-order valence-electron chi connectivity index (χ2n) is 3.77. The Morgan fingerprint density at radius 2 is 1.62 bits per heavy atom. The Morgan fingerprint density at radius 1 is 1.15 bits per heavy atom. The minimum atomic E-state index is -0.139. The van der Waals surface area contributed by atoms with Gasteiger partial charge in [0.05, 0.1) is 5.25 Å². The van der Waals surface area contributed by atoms with Crippen LogP contribution in [0.1, 0.15) is 39.0 Å². The Balaban J connectivity index is 2.41. The summed E-state index contributed by atoms with van der Waals surface area (Å²) in [5.74, 6) is 0.199. The van der Waals surface area contributed by atoms with Gasteiger partial charge >= 0.3 is 0 Å². The Bertz CT molecular complexity index is 162. The first-order valence-corrected chi connectivity index (χ1v) is 5.70. The molecule has 0 aromatic rings. The number of carbonyl (C=O) groups is 1. The zero-order valence-corrected chi connectivity index (χ0v) is 9.22. The molecule has 1 aliphatic rings. The number of amides is 1. The monoisotopic (exact) mass is 201 g/mol. The molecule has 1 unspecified atom stereocenters. The molecule has 1 rings (SSSR count). The molecule has 0 N–H and O–H groups in total. The lowest BCUT2D eigenvalue weighted by Gasteiger charge is -2.26. The number of rotatable bonds is 1. The van der Waals surface area contributed by atoms with Gasteiger partial charge in [-0.2, -0.15) is 12.6 Å². The molecular formula is C10H19NOS. The van der Waals surface area contributed by atoms with Crippen LogP contribution in [0, 0.1) is 0 Å². The van der Waals surface area contributed by atoms with E-state index < -0.39 is 0 Å². The zero-order chi connectivity index (χ0) is 9.68. The molecule has 1 saturated heterocycles. The number of thiol groups is 1. The van der Waals surface area contributed by atoms with E-state index in [2.05, 4.69) is 12.6 Å². The van der Waals surface area contributed by atoms with Crippen molar-refractivity contribution in [3.8, 4) is 0 Å². The normalized spacial score (nSPS) is 21.8. The van der Waals surface area contributed by atoms with Gasteiger partial charge in [0, 0.05) is 13.1 Å². The third-order valence-electron chi connectivity index (χ3n) is 2.53. The predicted octanol–water partition coefficient (Wildman–Crippen LogP) is 2.10. The summed E-state index contributed by atoms with van der Waals surface area (Å²) in [5.41, 5.74) is 0. The Morgan fingerprint density at radius 3 is 2.08 bits per heavy atom. The summed E-state index contributed by atoms with van der Waals surface area (Å²) < 4.78 is 0. The Hall–Kier alpha value is -0.180. The molecule has 0 radical (unpaired) electrons. The molecule has 0 aromatic heterocycles. The second-order valence-corrected chi connectivity index (χ2v) is 4.54.